The van der Waals surface area contributed by atoms with Gasteiger partial charge in [-0.05, 0) is 18.6 Å². The summed E-state index contributed by atoms with van der Waals surface area (Å²) < 4.78 is 0. The molecular weight excluding hydrogens is 212 g/mol. The van der Waals surface area contributed by atoms with Crippen LogP contribution in [0, 0.1) is 0 Å². The van der Waals surface area contributed by atoms with Gasteiger partial charge in [0.05, 0.1) is 12.4 Å². The fourth-order valence-electron chi connectivity index (χ4n) is 2.04. The van der Waals surface area contributed by atoms with Crippen molar-refractivity contribution in [3.8, 4) is 0 Å². The third kappa shape index (κ3) is 3.43. The summed E-state index contributed by atoms with van der Waals surface area (Å²) in [5.74, 6) is 0. The van der Waals surface area contributed by atoms with Gasteiger partial charge in [0.25, 0.3) is 0 Å². The molecular formula is C13H22N4. The van der Waals surface area contributed by atoms with E-state index in [0.29, 0.717) is 0 Å². The van der Waals surface area contributed by atoms with Crippen LogP contribution in [-0.2, 0) is 0 Å². The highest BCUT2D eigenvalue weighted by atomic mass is 15.9. The molecule has 1 fully saturated rings. The van der Waals surface area contributed by atoms with Crippen molar-refractivity contribution in [1.29, 1.82) is 0 Å². The molecule has 1 saturated heterocycles. The van der Waals surface area contributed by atoms with E-state index in [4.69, 9.17) is 0 Å². The number of para-hydroxylation sites is 1. The summed E-state index contributed by atoms with van der Waals surface area (Å²) in [5.41, 5.74) is 7.58. The second kappa shape index (κ2) is 6.59. The molecule has 1 aliphatic rings. The lowest BCUT2D eigenvalue weighted by Gasteiger charge is -2.27. The van der Waals surface area contributed by atoms with Gasteiger partial charge in [-0.15, -0.1) is 5.12 Å². The molecule has 2 N–H and O–H groups in total. The van der Waals surface area contributed by atoms with Crippen molar-refractivity contribution in [2.24, 2.45) is 0 Å². The first-order chi connectivity index (χ1) is 8.42. The molecule has 0 atom stereocenters. The molecule has 4 heteroatoms. The zero-order valence-corrected chi connectivity index (χ0v) is 10.5. The summed E-state index contributed by atoms with van der Waals surface area (Å²) in [7, 11) is 0. The van der Waals surface area contributed by atoms with E-state index in [1.807, 2.05) is 6.07 Å². The van der Waals surface area contributed by atoms with Crippen molar-refractivity contribution in [1.82, 2.24) is 16.1 Å². The molecule has 1 aromatic rings. The molecule has 1 aromatic carbocycles. The summed E-state index contributed by atoms with van der Waals surface area (Å²) in [6.45, 7) is 4.10. The number of hydrogen-bond acceptors (Lipinski definition) is 4. The molecule has 1 aliphatic heterocycles. The molecule has 2 rings (SSSR count). The van der Waals surface area contributed by atoms with Crippen LogP contribution < -0.4 is 16.0 Å². The molecule has 0 bridgehead atoms. The van der Waals surface area contributed by atoms with Crippen LogP contribution >= 0.6 is 0 Å². The van der Waals surface area contributed by atoms with Crippen molar-refractivity contribution < 1.29 is 0 Å². The largest absolute Gasteiger partial charge is 0.276 e. The monoisotopic (exact) mass is 234 g/mol. The van der Waals surface area contributed by atoms with Gasteiger partial charge < -0.3 is 0 Å². The van der Waals surface area contributed by atoms with E-state index in [1.165, 1.54) is 31.4 Å². The minimum Gasteiger partial charge on any atom is -0.276 e. The van der Waals surface area contributed by atoms with Crippen molar-refractivity contribution >= 4 is 5.69 Å². The predicted molar refractivity (Wildman–Crippen MR) is 70.9 cm³/mol. The Morgan fingerprint density at radius 2 is 1.94 bits per heavy atom. The minimum atomic E-state index is 0.817. The average Bonchev–Trinajstić information content (AvgIpc) is 2.84. The lowest BCUT2D eigenvalue weighted by molar-refractivity contribution is 0.208. The molecule has 0 spiro atoms. The first-order valence-electron chi connectivity index (χ1n) is 6.50. The van der Waals surface area contributed by atoms with E-state index in [9.17, 15) is 0 Å². The van der Waals surface area contributed by atoms with E-state index in [-0.39, 0.29) is 0 Å². The molecule has 4 nitrogen and oxygen atoms in total. The Kier molecular flexibility index (Phi) is 4.79. The number of hydrogen-bond donors (Lipinski definition) is 2. The van der Waals surface area contributed by atoms with Crippen molar-refractivity contribution in [3.05, 3.63) is 30.3 Å². The van der Waals surface area contributed by atoms with Crippen LogP contribution in [0.4, 0.5) is 5.69 Å². The lowest BCUT2D eigenvalue weighted by atomic mass is 10.2. The number of rotatable bonds is 6. The number of nitrogens with zero attached hydrogens (tertiary/aromatic N) is 2. The molecule has 0 unspecified atom stereocenters. The summed E-state index contributed by atoms with van der Waals surface area (Å²) in [6.07, 6.45) is 5.14. The smallest absolute Gasteiger partial charge is 0.0995 e. The fraction of sp³-hybridized carbons (Fsp3) is 0.538. The SMILES string of the molecule is CCCCCCN1NNCN1c1ccccc1. The second-order valence-corrected chi connectivity index (χ2v) is 4.37. The third-order valence-corrected chi connectivity index (χ3v) is 3.01. The van der Waals surface area contributed by atoms with E-state index in [1.54, 1.807) is 0 Å². The van der Waals surface area contributed by atoms with Crippen LogP contribution in [0.1, 0.15) is 32.6 Å². The van der Waals surface area contributed by atoms with Gasteiger partial charge in [-0.1, -0.05) is 44.4 Å². The Labute approximate surface area is 104 Å². The molecule has 0 amide bonds. The van der Waals surface area contributed by atoms with Gasteiger partial charge in [0.2, 0.25) is 0 Å². The topological polar surface area (TPSA) is 30.5 Å². The predicted octanol–water partition coefficient (Wildman–Crippen LogP) is 2.27. The van der Waals surface area contributed by atoms with E-state index >= 15 is 0 Å². The highest BCUT2D eigenvalue weighted by Gasteiger charge is 2.20. The Hall–Kier alpha value is -1.10. The van der Waals surface area contributed by atoms with Crippen LogP contribution in [0.3, 0.4) is 0 Å². The lowest BCUT2D eigenvalue weighted by Crippen LogP contribution is -2.43. The van der Waals surface area contributed by atoms with Gasteiger partial charge >= 0.3 is 0 Å². The molecule has 0 aromatic heterocycles. The van der Waals surface area contributed by atoms with Crippen molar-refractivity contribution in [2.45, 2.75) is 32.6 Å². The third-order valence-electron chi connectivity index (χ3n) is 3.01. The number of hydrazine groups is 3. The standard InChI is InChI=1S/C13H22N4/c1-2-3-4-8-11-17-15-14-12-16(17)13-9-6-5-7-10-13/h5-7,9-10,14-15H,2-4,8,11-12H2,1H3. The normalized spacial score (nSPS) is 16.6. The van der Waals surface area contributed by atoms with Gasteiger partial charge in [-0.2, -0.15) is 5.53 Å². The van der Waals surface area contributed by atoms with Crippen LogP contribution in [-0.4, -0.2) is 18.3 Å². The Morgan fingerprint density at radius 3 is 2.71 bits per heavy atom. The second-order valence-electron chi connectivity index (χ2n) is 4.37. The molecule has 17 heavy (non-hydrogen) atoms. The zero-order chi connectivity index (χ0) is 11.9. The van der Waals surface area contributed by atoms with Crippen molar-refractivity contribution in [2.75, 3.05) is 18.2 Å². The summed E-state index contributed by atoms with van der Waals surface area (Å²) >= 11 is 0. The van der Waals surface area contributed by atoms with Crippen molar-refractivity contribution in [3.63, 3.8) is 0 Å². The maximum atomic E-state index is 3.19. The van der Waals surface area contributed by atoms with E-state index in [2.05, 4.69) is 52.3 Å². The Morgan fingerprint density at radius 1 is 1.12 bits per heavy atom. The van der Waals surface area contributed by atoms with E-state index < -0.39 is 0 Å². The molecule has 0 aliphatic carbocycles. The van der Waals surface area contributed by atoms with Crippen LogP contribution in [0.2, 0.25) is 0 Å². The van der Waals surface area contributed by atoms with Gasteiger partial charge in [-0.25, -0.2) is 5.43 Å². The van der Waals surface area contributed by atoms with E-state index in [0.717, 1.165) is 13.2 Å². The minimum absolute atomic E-state index is 0.817. The molecule has 0 radical (unpaired) electrons. The molecule has 0 saturated carbocycles. The highest BCUT2D eigenvalue weighted by Crippen LogP contribution is 2.16. The summed E-state index contributed by atoms with van der Waals surface area (Å²) in [4.78, 5) is 0. The molecule has 94 valence electrons. The number of unbranched alkanes of at least 4 members (excludes halogenated alkanes) is 3. The Balaban J connectivity index is 1.85. The average molecular weight is 234 g/mol. The van der Waals surface area contributed by atoms with Gasteiger partial charge in [0.1, 0.15) is 0 Å². The maximum absolute atomic E-state index is 3.19. The maximum Gasteiger partial charge on any atom is 0.0995 e. The highest BCUT2D eigenvalue weighted by molar-refractivity contribution is 5.44. The summed E-state index contributed by atoms with van der Waals surface area (Å²) in [6, 6.07) is 10.5. The van der Waals surface area contributed by atoms with Gasteiger partial charge in [-0.3, -0.25) is 5.01 Å². The van der Waals surface area contributed by atoms with Gasteiger partial charge in [0, 0.05) is 6.54 Å². The first-order valence-corrected chi connectivity index (χ1v) is 6.50. The van der Waals surface area contributed by atoms with Crippen LogP contribution in [0.15, 0.2) is 30.3 Å². The number of benzene rings is 1. The quantitative estimate of drug-likeness (QED) is 0.739. The molecule has 1 heterocycles. The van der Waals surface area contributed by atoms with Crippen LogP contribution in [0.5, 0.6) is 0 Å². The zero-order valence-electron chi connectivity index (χ0n) is 10.5. The number of anilines is 1. The first kappa shape index (κ1) is 12.4. The Bertz CT molecular complexity index is 314. The summed E-state index contributed by atoms with van der Waals surface area (Å²) in [5, 5.41) is 4.39. The number of nitrogens with one attached hydrogen (secondary N) is 2. The van der Waals surface area contributed by atoms with Gasteiger partial charge in [0.15, 0.2) is 0 Å². The van der Waals surface area contributed by atoms with Crippen LogP contribution in [0.25, 0.3) is 0 Å². The fourth-order valence-corrected chi connectivity index (χ4v) is 2.04.